The van der Waals surface area contributed by atoms with E-state index >= 15 is 0 Å². The van der Waals surface area contributed by atoms with Crippen LogP contribution in [0.3, 0.4) is 0 Å². The number of thioether (sulfide) groups is 1. The third-order valence-electron chi connectivity index (χ3n) is 4.70. The van der Waals surface area contributed by atoms with Crippen molar-refractivity contribution >= 4 is 17.5 Å². The second-order valence-electron chi connectivity index (χ2n) is 6.94. The molecule has 4 aromatic rings. The second-order valence-corrected chi connectivity index (χ2v) is 7.88. The molecule has 0 spiro atoms. The normalized spacial score (nSPS) is 11.0. The highest BCUT2D eigenvalue weighted by atomic mass is 32.2. The molecular weight excluding hydrogens is 380 g/mol. The summed E-state index contributed by atoms with van der Waals surface area (Å²) < 4.78 is 2.04. The van der Waals surface area contributed by atoms with Gasteiger partial charge in [-0.1, -0.05) is 60.3 Å². The number of Topliss-reactive ketones (excluding diaryl/α,β-unsaturated/α-hetero) is 1. The Hall–Kier alpha value is -3.12. The van der Waals surface area contributed by atoms with Gasteiger partial charge in [0.2, 0.25) is 0 Å². The number of aromatic amines is 1. The minimum atomic E-state index is 0.0871. The number of hydrogen-bond donors (Lipinski definition) is 1. The molecule has 0 aliphatic carbocycles. The first-order valence-corrected chi connectivity index (χ1v) is 10.5. The number of aryl methyl sites for hydroxylation is 2. The summed E-state index contributed by atoms with van der Waals surface area (Å²) in [5.74, 6) is 1.25. The van der Waals surface area contributed by atoms with Gasteiger partial charge in [0.15, 0.2) is 10.9 Å². The van der Waals surface area contributed by atoms with Crippen LogP contribution in [0.15, 0.2) is 71.9 Å². The number of ketones is 1. The predicted octanol–water partition coefficient (Wildman–Crippen LogP) is 4.78. The molecule has 5 nitrogen and oxygen atoms in total. The molecule has 146 valence electrons. The fourth-order valence-corrected chi connectivity index (χ4v) is 4.20. The zero-order valence-corrected chi connectivity index (χ0v) is 17.2. The molecule has 0 aliphatic heterocycles. The summed E-state index contributed by atoms with van der Waals surface area (Å²) in [4.78, 5) is 15.9. The molecule has 0 amide bonds. The lowest BCUT2D eigenvalue weighted by Crippen LogP contribution is -2.06. The number of rotatable bonds is 7. The van der Waals surface area contributed by atoms with Crippen LogP contribution < -0.4 is 0 Å². The van der Waals surface area contributed by atoms with Gasteiger partial charge in [-0.25, -0.2) is 0 Å². The van der Waals surface area contributed by atoms with Gasteiger partial charge in [0.25, 0.3) is 0 Å². The minimum absolute atomic E-state index is 0.0871. The number of H-pyrrole nitrogens is 1. The van der Waals surface area contributed by atoms with Gasteiger partial charge in [-0.05, 0) is 37.6 Å². The van der Waals surface area contributed by atoms with Gasteiger partial charge in [0.05, 0.1) is 5.75 Å². The molecule has 0 radical (unpaired) electrons. The van der Waals surface area contributed by atoms with Crippen molar-refractivity contribution in [3.8, 4) is 5.69 Å². The maximum atomic E-state index is 12.7. The van der Waals surface area contributed by atoms with Crippen LogP contribution in [0.25, 0.3) is 5.69 Å². The van der Waals surface area contributed by atoms with E-state index in [2.05, 4.69) is 27.3 Å². The summed E-state index contributed by atoms with van der Waals surface area (Å²) in [5.41, 5.74) is 4.80. The van der Waals surface area contributed by atoms with E-state index in [1.807, 2.05) is 73.0 Å². The SMILES string of the molecule is Cc1cc(C(=O)CSc2nnc(Cc3ccccc3)n2-c2ccccc2)c(C)[nH]1. The van der Waals surface area contributed by atoms with Crippen LogP contribution >= 0.6 is 11.8 Å². The third kappa shape index (κ3) is 4.32. The lowest BCUT2D eigenvalue weighted by atomic mass is 10.1. The van der Waals surface area contributed by atoms with Crippen LogP contribution in [0, 0.1) is 13.8 Å². The lowest BCUT2D eigenvalue weighted by molar-refractivity contribution is 0.102. The van der Waals surface area contributed by atoms with Crippen molar-refractivity contribution in [2.75, 3.05) is 5.75 Å². The van der Waals surface area contributed by atoms with Gasteiger partial charge in [-0.15, -0.1) is 10.2 Å². The number of para-hydroxylation sites is 1. The van der Waals surface area contributed by atoms with Crippen molar-refractivity contribution in [1.82, 2.24) is 19.7 Å². The molecule has 0 fully saturated rings. The van der Waals surface area contributed by atoms with Crippen molar-refractivity contribution in [3.05, 3.63) is 95.1 Å². The highest BCUT2D eigenvalue weighted by molar-refractivity contribution is 7.99. The average molecular weight is 403 g/mol. The molecule has 2 heterocycles. The number of carbonyl (C=O) groups excluding carboxylic acids is 1. The van der Waals surface area contributed by atoms with E-state index in [0.29, 0.717) is 12.2 Å². The maximum absolute atomic E-state index is 12.7. The quantitative estimate of drug-likeness (QED) is 0.357. The largest absolute Gasteiger partial charge is 0.362 e. The summed E-state index contributed by atoms with van der Waals surface area (Å²) in [6.45, 7) is 3.88. The van der Waals surface area contributed by atoms with Gasteiger partial charge in [0, 0.05) is 29.1 Å². The Labute approximate surface area is 174 Å². The van der Waals surface area contributed by atoms with Crippen molar-refractivity contribution in [2.45, 2.75) is 25.4 Å². The van der Waals surface area contributed by atoms with Crippen LogP contribution in [0.2, 0.25) is 0 Å². The Balaban J connectivity index is 1.61. The van der Waals surface area contributed by atoms with Crippen molar-refractivity contribution in [3.63, 3.8) is 0 Å². The summed E-state index contributed by atoms with van der Waals surface area (Å²) in [7, 11) is 0. The topological polar surface area (TPSA) is 63.6 Å². The van der Waals surface area contributed by atoms with Gasteiger partial charge in [0.1, 0.15) is 5.82 Å². The van der Waals surface area contributed by atoms with Crippen molar-refractivity contribution in [1.29, 1.82) is 0 Å². The Morgan fingerprint density at radius 2 is 1.69 bits per heavy atom. The number of hydrogen-bond acceptors (Lipinski definition) is 4. The predicted molar refractivity (Wildman–Crippen MR) is 116 cm³/mol. The fourth-order valence-electron chi connectivity index (χ4n) is 3.34. The van der Waals surface area contributed by atoms with E-state index in [0.717, 1.165) is 33.6 Å². The van der Waals surface area contributed by atoms with Crippen LogP contribution in [0.1, 0.15) is 33.1 Å². The number of benzene rings is 2. The zero-order valence-electron chi connectivity index (χ0n) is 16.4. The average Bonchev–Trinajstić information content (AvgIpc) is 3.29. The zero-order chi connectivity index (χ0) is 20.2. The minimum Gasteiger partial charge on any atom is -0.362 e. The monoisotopic (exact) mass is 402 g/mol. The number of nitrogens with one attached hydrogen (secondary N) is 1. The highest BCUT2D eigenvalue weighted by Crippen LogP contribution is 2.25. The van der Waals surface area contributed by atoms with Crippen LogP contribution in [-0.2, 0) is 6.42 Å². The lowest BCUT2D eigenvalue weighted by Gasteiger charge is -2.10. The van der Waals surface area contributed by atoms with Crippen molar-refractivity contribution < 1.29 is 4.79 Å². The van der Waals surface area contributed by atoms with Gasteiger partial charge < -0.3 is 4.98 Å². The van der Waals surface area contributed by atoms with E-state index in [4.69, 9.17) is 0 Å². The molecule has 0 saturated heterocycles. The molecule has 0 atom stereocenters. The standard InChI is InChI=1S/C23H22N4OS/c1-16-13-20(17(2)24-16)21(28)15-29-23-26-25-22(14-18-9-5-3-6-10-18)27(23)19-11-7-4-8-12-19/h3-13,24H,14-15H2,1-2H3. The smallest absolute Gasteiger partial charge is 0.196 e. The molecule has 0 bridgehead atoms. The van der Waals surface area contributed by atoms with E-state index < -0.39 is 0 Å². The van der Waals surface area contributed by atoms with E-state index in [1.165, 1.54) is 17.3 Å². The van der Waals surface area contributed by atoms with Crippen molar-refractivity contribution in [2.24, 2.45) is 0 Å². The summed E-state index contributed by atoms with van der Waals surface area (Å²) >= 11 is 1.42. The summed E-state index contributed by atoms with van der Waals surface area (Å²) in [6.07, 6.45) is 0.674. The van der Waals surface area contributed by atoms with Crippen LogP contribution in [0.5, 0.6) is 0 Å². The van der Waals surface area contributed by atoms with Gasteiger partial charge in [-0.3, -0.25) is 9.36 Å². The number of nitrogens with zero attached hydrogens (tertiary/aromatic N) is 3. The molecule has 1 N–H and O–H groups in total. The molecular formula is C23H22N4OS. The summed E-state index contributed by atoms with van der Waals surface area (Å²) in [5, 5.41) is 9.56. The van der Waals surface area contributed by atoms with Crippen LogP contribution in [0.4, 0.5) is 0 Å². The molecule has 0 aliphatic rings. The molecule has 0 saturated carbocycles. The van der Waals surface area contributed by atoms with E-state index in [-0.39, 0.29) is 5.78 Å². The number of carbonyl (C=O) groups is 1. The first kappa shape index (κ1) is 19.2. The van der Waals surface area contributed by atoms with Gasteiger partial charge >= 0.3 is 0 Å². The Morgan fingerprint density at radius 1 is 1.00 bits per heavy atom. The number of aromatic nitrogens is 4. The molecule has 0 unspecified atom stereocenters. The van der Waals surface area contributed by atoms with Gasteiger partial charge in [-0.2, -0.15) is 0 Å². The Bertz CT molecular complexity index is 1120. The Morgan fingerprint density at radius 3 is 2.34 bits per heavy atom. The Kier molecular flexibility index (Phi) is 5.62. The first-order chi connectivity index (χ1) is 14.1. The third-order valence-corrected chi connectivity index (χ3v) is 5.63. The molecule has 6 heteroatoms. The molecule has 2 aromatic carbocycles. The molecule has 4 rings (SSSR count). The second kappa shape index (κ2) is 8.49. The maximum Gasteiger partial charge on any atom is 0.196 e. The van der Waals surface area contributed by atoms with E-state index in [9.17, 15) is 4.79 Å². The first-order valence-electron chi connectivity index (χ1n) is 9.47. The fraction of sp³-hybridized carbons (Fsp3) is 0.174. The highest BCUT2D eigenvalue weighted by Gasteiger charge is 2.18. The molecule has 2 aromatic heterocycles. The van der Waals surface area contributed by atoms with E-state index in [1.54, 1.807) is 0 Å². The summed E-state index contributed by atoms with van der Waals surface area (Å²) in [6, 6.07) is 22.1. The molecule has 29 heavy (non-hydrogen) atoms. The van der Waals surface area contributed by atoms with Crippen LogP contribution in [-0.4, -0.2) is 31.3 Å².